The van der Waals surface area contributed by atoms with Gasteiger partial charge in [-0.25, -0.2) is 4.39 Å². The van der Waals surface area contributed by atoms with Gasteiger partial charge in [0.25, 0.3) is 11.1 Å². The fraction of sp³-hybridized carbons (Fsp3) is 0.174. The number of thioether (sulfide) groups is 1. The van der Waals surface area contributed by atoms with E-state index in [4.69, 9.17) is 0 Å². The molecule has 6 nitrogen and oxygen atoms in total. The molecule has 1 saturated heterocycles. The van der Waals surface area contributed by atoms with E-state index in [9.17, 15) is 18.8 Å². The van der Waals surface area contributed by atoms with Crippen molar-refractivity contribution in [1.82, 2.24) is 15.2 Å². The molecule has 1 fully saturated rings. The number of aromatic nitrogens is 1. The summed E-state index contributed by atoms with van der Waals surface area (Å²) >= 11 is 0.838. The van der Waals surface area contributed by atoms with Crippen LogP contribution in [-0.4, -0.2) is 40.0 Å². The van der Waals surface area contributed by atoms with Crippen molar-refractivity contribution in [2.24, 2.45) is 0 Å². The molecule has 2 aromatic carbocycles. The van der Waals surface area contributed by atoms with Crippen molar-refractivity contribution >= 4 is 45.8 Å². The van der Waals surface area contributed by atoms with Gasteiger partial charge in [-0.15, -0.1) is 0 Å². The Morgan fingerprint density at radius 1 is 1.13 bits per heavy atom. The number of fused-ring (bicyclic) bond motifs is 1. The lowest BCUT2D eigenvalue weighted by Gasteiger charge is -2.13. The fourth-order valence-corrected chi connectivity index (χ4v) is 4.25. The van der Waals surface area contributed by atoms with Crippen LogP contribution in [0.2, 0.25) is 0 Å². The summed E-state index contributed by atoms with van der Waals surface area (Å²) < 4.78 is 13.0. The first-order chi connectivity index (χ1) is 15.0. The molecule has 158 valence electrons. The average Bonchev–Trinajstić information content (AvgIpc) is 3.29. The van der Waals surface area contributed by atoms with E-state index in [1.165, 1.54) is 24.3 Å². The second-order valence-corrected chi connectivity index (χ2v) is 8.09. The zero-order valence-corrected chi connectivity index (χ0v) is 17.4. The number of benzene rings is 2. The Morgan fingerprint density at radius 3 is 2.71 bits per heavy atom. The average molecular weight is 437 g/mol. The SMILES string of the molecule is O=C(CCc1c[nH]c2ccccc12)NCCN1C(=O)S/C(=C\c2ccc(F)cc2)C1=O. The minimum Gasteiger partial charge on any atom is -0.361 e. The Kier molecular flexibility index (Phi) is 6.18. The van der Waals surface area contributed by atoms with Gasteiger partial charge >= 0.3 is 0 Å². The molecular weight excluding hydrogens is 417 g/mol. The molecule has 1 aliphatic rings. The molecule has 0 spiro atoms. The minimum absolute atomic E-state index is 0.101. The van der Waals surface area contributed by atoms with E-state index >= 15 is 0 Å². The number of nitrogens with zero attached hydrogens (tertiary/aromatic N) is 1. The van der Waals surface area contributed by atoms with Crippen molar-refractivity contribution in [2.45, 2.75) is 12.8 Å². The van der Waals surface area contributed by atoms with Crippen LogP contribution in [-0.2, 0) is 16.0 Å². The predicted molar refractivity (Wildman–Crippen MR) is 119 cm³/mol. The van der Waals surface area contributed by atoms with E-state index < -0.39 is 5.91 Å². The van der Waals surface area contributed by atoms with Crippen molar-refractivity contribution in [3.63, 3.8) is 0 Å². The molecule has 0 aliphatic carbocycles. The van der Waals surface area contributed by atoms with Crippen LogP contribution in [0.4, 0.5) is 9.18 Å². The largest absolute Gasteiger partial charge is 0.361 e. The van der Waals surface area contributed by atoms with Gasteiger partial charge in [0.15, 0.2) is 0 Å². The van der Waals surface area contributed by atoms with Crippen molar-refractivity contribution < 1.29 is 18.8 Å². The molecule has 2 N–H and O–H groups in total. The zero-order chi connectivity index (χ0) is 21.8. The summed E-state index contributed by atoms with van der Waals surface area (Å²) in [5.41, 5.74) is 2.74. The van der Waals surface area contributed by atoms with Gasteiger partial charge in [0.1, 0.15) is 5.82 Å². The second kappa shape index (κ2) is 9.18. The van der Waals surface area contributed by atoms with Crippen LogP contribution < -0.4 is 5.32 Å². The first-order valence-corrected chi connectivity index (χ1v) is 10.7. The van der Waals surface area contributed by atoms with Gasteiger partial charge in [-0.05, 0) is 53.6 Å². The van der Waals surface area contributed by atoms with Crippen LogP contribution >= 0.6 is 11.8 Å². The number of nitrogens with one attached hydrogen (secondary N) is 2. The third-order valence-corrected chi connectivity index (χ3v) is 5.90. The summed E-state index contributed by atoms with van der Waals surface area (Å²) in [5.74, 6) is -0.919. The number of aryl methyl sites for hydroxylation is 1. The minimum atomic E-state index is -0.410. The highest BCUT2D eigenvalue weighted by Gasteiger charge is 2.34. The number of amides is 3. The number of H-pyrrole nitrogens is 1. The van der Waals surface area contributed by atoms with Crippen LogP contribution in [0.1, 0.15) is 17.5 Å². The molecule has 4 rings (SSSR count). The van der Waals surface area contributed by atoms with E-state index in [0.29, 0.717) is 18.4 Å². The molecule has 1 aromatic heterocycles. The number of aromatic amines is 1. The first-order valence-electron chi connectivity index (χ1n) is 9.84. The molecule has 1 aliphatic heterocycles. The summed E-state index contributed by atoms with van der Waals surface area (Å²) in [6.07, 6.45) is 4.38. The number of para-hydroxylation sites is 1. The van der Waals surface area contributed by atoms with Crippen molar-refractivity contribution in [3.05, 3.63) is 76.6 Å². The highest BCUT2D eigenvalue weighted by atomic mass is 32.2. The van der Waals surface area contributed by atoms with Gasteiger partial charge in [0.2, 0.25) is 5.91 Å². The molecule has 0 radical (unpaired) electrons. The molecule has 3 aromatic rings. The van der Waals surface area contributed by atoms with E-state index in [1.807, 2.05) is 30.5 Å². The Labute approximate surface area is 182 Å². The van der Waals surface area contributed by atoms with E-state index in [-0.39, 0.29) is 35.0 Å². The molecule has 0 atom stereocenters. The number of hydrogen-bond donors (Lipinski definition) is 2. The highest BCUT2D eigenvalue weighted by molar-refractivity contribution is 8.18. The zero-order valence-electron chi connectivity index (χ0n) is 16.6. The van der Waals surface area contributed by atoms with Gasteiger partial charge < -0.3 is 10.3 Å². The molecule has 0 bridgehead atoms. The Hall–Kier alpha value is -3.39. The van der Waals surface area contributed by atoms with Crippen LogP contribution in [0.5, 0.6) is 0 Å². The van der Waals surface area contributed by atoms with Crippen LogP contribution in [0.3, 0.4) is 0 Å². The van der Waals surface area contributed by atoms with Gasteiger partial charge in [0, 0.05) is 36.6 Å². The maximum absolute atomic E-state index is 13.0. The number of carbonyl (C=O) groups excluding carboxylic acids is 3. The van der Waals surface area contributed by atoms with E-state index in [1.54, 1.807) is 6.08 Å². The number of carbonyl (C=O) groups is 3. The summed E-state index contributed by atoms with van der Waals surface area (Å²) in [7, 11) is 0. The maximum Gasteiger partial charge on any atom is 0.293 e. The third-order valence-electron chi connectivity index (χ3n) is 5.00. The summed E-state index contributed by atoms with van der Waals surface area (Å²) in [6, 6.07) is 13.6. The normalized spacial score (nSPS) is 15.3. The maximum atomic E-state index is 13.0. The molecule has 0 saturated carbocycles. The topological polar surface area (TPSA) is 82.3 Å². The summed E-state index contributed by atoms with van der Waals surface area (Å²) in [4.78, 5) is 41.4. The Balaban J connectivity index is 1.27. The summed E-state index contributed by atoms with van der Waals surface area (Å²) in [6.45, 7) is 0.291. The fourth-order valence-electron chi connectivity index (χ4n) is 3.39. The molecule has 8 heteroatoms. The number of halogens is 1. The van der Waals surface area contributed by atoms with E-state index in [0.717, 1.165) is 33.1 Å². The monoisotopic (exact) mass is 437 g/mol. The third kappa shape index (κ3) is 4.86. The Morgan fingerprint density at radius 2 is 1.90 bits per heavy atom. The van der Waals surface area contributed by atoms with Gasteiger partial charge in [-0.2, -0.15) is 0 Å². The molecule has 3 amide bonds. The molecule has 31 heavy (non-hydrogen) atoms. The number of imide groups is 1. The van der Waals surface area contributed by atoms with Gasteiger partial charge in [-0.1, -0.05) is 30.3 Å². The van der Waals surface area contributed by atoms with Gasteiger partial charge in [-0.3, -0.25) is 19.3 Å². The second-order valence-electron chi connectivity index (χ2n) is 7.09. The van der Waals surface area contributed by atoms with Crippen LogP contribution in [0, 0.1) is 5.82 Å². The van der Waals surface area contributed by atoms with Crippen molar-refractivity contribution in [1.29, 1.82) is 0 Å². The smallest absolute Gasteiger partial charge is 0.293 e. The highest BCUT2D eigenvalue weighted by Crippen LogP contribution is 2.31. The quantitative estimate of drug-likeness (QED) is 0.546. The lowest BCUT2D eigenvalue weighted by Crippen LogP contribution is -2.37. The first kappa shape index (κ1) is 20.9. The molecular formula is C23H20FN3O3S. The molecule has 0 unspecified atom stereocenters. The number of rotatable bonds is 7. The van der Waals surface area contributed by atoms with Crippen molar-refractivity contribution in [2.75, 3.05) is 13.1 Å². The summed E-state index contributed by atoms with van der Waals surface area (Å²) in [5, 5.41) is 3.48. The van der Waals surface area contributed by atoms with Gasteiger partial charge in [0.05, 0.1) is 4.91 Å². The lowest BCUT2D eigenvalue weighted by molar-refractivity contribution is -0.124. The number of hydrogen-bond acceptors (Lipinski definition) is 4. The van der Waals surface area contributed by atoms with Crippen LogP contribution in [0.25, 0.3) is 17.0 Å². The lowest BCUT2D eigenvalue weighted by atomic mass is 10.1. The van der Waals surface area contributed by atoms with E-state index in [2.05, 4.69) is 10.3 Å². The standard InChI is InChI=1S/C23H20FN3O3S/c24-17-8-5-15(6-9-17)13-20-22(29)27(23(30)31-20)12-11-25-21(28)10-7-16-14-26-19-4-2-1-3-18(16)19/h1-6,8-9,13-14,26H,7,10-12H2,(H,25,28)/b20-13-. The predicted octanol–water partition coefficient (Wildman–Crippen LogP) is 4.09. The van der Waals surface area contributed by atoms with Crippen molar-refractivity contribution in [3.8, 4) is 0 Å². The van der Waals surface area contributed by atoms with Crippen LogP contribution in [0.15, 0.2) is 59.6 Å². The molecule has 2 heterocycles. The Bertz CT molecular complexity index is 1170.